The Morgan fingerprint density at radius 2 is 1.70 bits per heavy atom. The molecule has 2 aromatic carbocycles. The van der Waals surface area contributed by atoms with Crippen molar-refractivity contribution in [3.63, 3.8) is 0 Å². The number of ether oxygens (including phenoxy) is 1. The molecule has 1 fully saturated rings. The lowest BCUT2D eigenvalue weighted by molar-refractivity contribution is 0.0527. The molecule has 0 spiro atoms. The summed E-state index contributed by atoms with van der Waals surface area (Å²) in [6.07, 6.45) is 0. The Morgan fingerprint density at radius 3 is 2.41 bits per heavy atom. The largest absolute Gasteiger partial charge is 0.462 e. The first kappa shape index (κ1) is 19.0. The summed E-state index contributed by atoms with van der Waals surface area (Å²) in [7, 11) is 0. The van der Waals surface area contributed by atoms with E-state index in [0.717, 1.165) is 5.69 Å². The molecular formula is C20H22ClN3O3. The van der Waals surface area contributed by atoms with Gasteiger partial charge in [0.2, 0.25) is 0 Å². The van der Waals surface area contributed by atoms with Gasteiger partial charge in [-0.2, -0.15) is 0 Å². The Hall–Kier alpha value is -2.73. The second-order valence-electron chi connectivity index (χ2n) is 6.12. The van der Waals surface area contributed by atoms with Gasteiger partial charge in [0.1, 0.15) is 0 Å². The number of urea groups is 1. The summed E-state index contributed by atoms with van der Waals surface area (Å²) in [5.74, 6) is -0.447. The SMILES string of the molecule is CCOC(=O)c1ccccc1NC(=O)N1CCN(c2ccccc2Cl)CC1. The number of nitrogens with zero attached hydrogens (tertiary/aromatic N) is 2. The van der Waals surface area contributed by atoms with E-state index in [1.165, 1.54) is 0 Å². The Kier molecular flexibility index (Phi) is 6.19. The van der Waals surface area contributed by atoms with Gasteiger partial charge in [0.25, 0.3) is 0 Å². The van der Waals surface area contributed by atoms with Crippen molar-refractivity contribution >= 4 is 35.0 Å². The minimum Gasteiger partial charge on any atom is -0.462 e. The number of esters is 1. The molecule has 0 unspecified atom stereocenters. The minimum atomic E-state index is -0.447. The molecule has 0 atom stereocenters. The third kappa shape index (κ3) is 4.52. The number of hydrogen-bond donors (Lipinski definition) is 1. The molecule has 1 aliphatic heterocycles. The average Bonchev–Trinajstić information content (AvgIpc) is 2.69. The zero-order valence-corrected chi connectivity index (χ0v) is 15.9. The maximum absolute atomic E-state index is 12.6. The molecule has 0 aliphatic carbocycles. The number of rotatable bonds is 4. The zero-order chi connectivity index (χ0) is 19.2. The summed E-state index contributed by atoms with van der Waals surface area (Å²) in [6.45, 7) is 4.55. The second-order valence-corrected chi connectivity index (χ2v) is 6.53. The summed E-state index contributed by atoms with van der Waals surface area (Å²) < 4.78 is 5.05. The minimum absolute atomic E-state index is 0.231. The van der Waals surface area contributed by atoms with E-state index >= 15 is 0 Å². The van der Waals surface area contributed by atoms with Gasteiger partial charge in [0.05, 0.1) is 28.6 Å². The van der Waals surface area contributed by atoms with E-state index in [1.54, 1.807) is 36.1 Å². The van der Waals surface area contributed by atoms with Crippen LogP contribution in [0.1, 0.15) is 17.3 Å². The highest BCUT2D eigenvalue weighted by atomic mass is 35.5. The highest BCUT2D eigenvalue weighted by molar-refractivity contribution is 6.33. The summed E-state index contributed by atoms with van der Waals surface area (Å²) in [5.41, 5.74) is 1.78. The van der Waals surface area contributed by atoms with E-state index in [2.05, 4.69) is 10.2 Å². The average molecular weight is 388 g/mol. The molecule has 1 N–H and O–H groups in total. The molecule has 1 aliphatic rings. The van der Waals surface area contributed by atoms with Gasteiger partial charge in [-0.05, 0) is 31.2 Å². The summed E-state index contributed by atoms with van der Waals surface area (Å²) >= 11 is 6.26. The predicted octanol–water partition coefficient (Wildman–Crippen LogP) is 3.87. The van der Waals surface area contributed by atoms with Gasteiger partial charge in [0.15, 0.2) is 0 Å². The summed E-state index contributed by atoms with van der Waals surface area (Å²) in [6, 6.07) is 14.3. The lowest BCUT2D eigenvalue weighted by Crippen LogP contribution is -2.50. The maximum Gasteiger partial charge on any atom is 0.340 e. The van der Waals surface area contributed by atoms with Crippen molar-refractivity contribution in [2.75, 3.05) is 43.0 Å². The molecule has 0 bridgehead atoms. The highest BCUT2D eigenvalue weighted by Gasteiger charge is 2.23. The van der Waals surface area contributed by atoms with E-state index in [9.17, 15) is 9.59 Å². The van der Waals surface area contributed by atoms with Gasteiger partial charge in [-0.3, -0.25) is 0 Å². The summed E-state index contributed by atoms with van der Waals surface area (Å²) in [4.78, 5) is 28.6. The van der Waals surface area contributed by atoms with Crippen LogP contribution in [0.3, 0.4) is 0 Å². The number of amides is 2. The number of benzene rings is 2. The molecule has 2 amide bonds. The summed E-state index contributed by atoms with van der Waals surface area (Å²) in [5, 5.41) is 3.53. The number of carbonyl (C=O) groups excluding carboxylic acids is 2. The van der Waals surface area contributed by atoms with Crippen LogP contribution in [0.2, 0.25) is 5.02 Å². The van der Waals surface area contributed by atoms with Crippen molar-refractivity contribution in [1.82, 2.24) is 4.90 Å². The van der Waals surface area contributed by atoms with Crippen LogP contribution in [0.25, 0.3) is 0 Å². The number of anilines is 2. The molecular weight excluding hydrogens is 366 g/mol. The van der Waals surface area contributed by atoms with Crippen LogP contribution < -0.4 is 10.2 Å². The van der Waals surface area contributed by atoms with Gasteiger partial charge in [-0.15, -0.1) is 0 Å². The van der Waals surface area contributed by atoms with Crippen molar-refractivity contribution in [2.24, 2.45) is 0 Å². The van der Waals surface area contributed by atoms with Crippen molar-refractivity contribution < 1.29 is 14.3 Å². The number of piperazine rings is 1. The quantitative estimate of drug-likeness (QED) is 0.809. The zero-order valence-electron chi connectivity index (χ0n) is 15.2. The Morgan fingerprint density at radius 1 is 1.04 bits per heavy atom. The maximum atomic E-state index is 12.6. The first-order valence-electron chi connectivity index (χ1n) is 8.91. The Labute approximate surface area is 163 Å². The number of para-hydroxylation sites is 2. The number of hydrogen-bond acceptors (Lipinski definition) is 4. The van der Waals surface area contributed by atoms with E-state index in [4.69, 9.17) is 16.3 Å². The van der Waals surface area contributed by atoms with Crippen LogP contribution in [0, 0.1) is 0 Å². The van der Waals surface area contributed by atoms with Crippen molar-refractivity contribution in [3.8, 4) is 0 Å². The Balaban J connectivity index is 1.62. The molecule has 6 nitrogen and oxygen atoms in total. The molecule has 0 saturated carbocycles. The first-order valence-corrected chi connectivity index (χ1v) is 9.29. The molecule has 2 aromatic rings. The predicted molar refractivity (Wildman–Crippen MR) is 107 cm³/mol. The smallest absolute Gasteiger partial charge is 0.340 e. The topological polar surface area (TPSA) is 61.9 Å². The van der Waals surface area contributed by atoms with Gasteiger partial charge in [-0.25, -0.2) is 9.59 Å². The van der Waals surface area contributed by atoms with Gasteiger partial charge >= 0.3 is 12.0 Å². The van der Waals surface area contributed by atoms with Crippen LogP contribution in [0.4, 0.5) is 16.2 Å². The lowest BCUT2D eigenvalue weighted by Gasteiger charge is -2.36. The first-order chi connectivity index (χ1) is 13.1. The number of halogens is 1. The molecule has 27 heavy (non-hydrogen) atoms. The third-order valence-corrected chi connectivity index (χ3v) is 4.74. The lowest BCUT2D eigenvalue weighted by atomic mass is 10.2. The molecule has 7 heteroatoms. The standard InChI is InChI=1S/C20H22ClN3O3/c1-2-27-19(25)15-7-3-5-9-17(15)22-20(26)24-13-11-23(12-14-24)18-10-6-4-8-16(18)21/h3-10H,2,11-14H2,1H3,(H,22,26). The second kappa shape index (κ2) is 8.77. The van der Waals surface area contributed by atoms with Crippen LogP contribution in [-0.2, 0) is 4.74 Å². The highest BCUT2D eigenvalue weighted by Crippen LogP contribution is 2.26. The van der Waals surface area contributed by atoms with E-state index in [1.807, 2.05) is 24.3 Å². The molecule has 142 valence electrons. The molecule has 1 heterocycles. The number of nitrogens with one attached hydrogen (secondary N) is 1. The molecule has 1 saturated heterocycles. The van der Waals surface area contributed by atoms with Crippen LogP contribution in [-0.4, -0.2) is 49.7 Å². The fourth-order valence-corrected chi connectivity index (χ4v) is 3.29. The fourth-order valence-electron chi connectivity index (χ4n) is 3.03. The normalized spacial score (nSPS) is 14.0. The van der Waals surface area contributed by atoms with Crippen molar-refractivity contribution in [3.05, 3.63) is 59.1 Å². The molecule has 0 radical (unpaired) electrons. The molecule has 0 aromatic heterocycles. The van der Waals surface area contributed by atoms with Gasteiger partial charge in [-0.1, -0.05) is 35.9 Å². The Bertz CT molecular complexity index is 820. The van der Waals surface area contributed by atoms with Crippen LogP contribution >= 0.6 is 11.6 Å². The van der Waals surface area contributed by atoms with Gasteiger partial charge < -0.3 is 19.9 Å². The monoisotopic (exact) mass is 387 g/mol. The van der Waals surface area contributed by atoms with E-state index in [0.29, 0.717) is 42.5 Å². The third-order valence-electron chi connectivity index (χ3n) is 4.42. The fraction of sp³-hybridized carbons (Fsp3) is 0.300. The number of carbonyl (C=O) groups is 2. The van der Waals surface area contributed by atoms with Crippen molar-refractivity contribution in [1.29, 1.82) is 0 Å². The van der Waals surface area contributed by atoms with E-state index < -0.39 is 5.97 Å². The van der Waals surface area contributed by atoms with Crippen LogP contribution in [0.15, 0.2) is 48.5 Å². The van der Waals surface area contributed by atoms with Crippen molar-refractivity contribution in [2.45, 2.75) is 6.92 Å². The molecule has 3 rings (SSSR count). The van der Waals surface area contributed by atoms with Gasteiger partial charge in [0, 0.05) is 26.2 Å². The van der Waals surface area contributed by atoms with Crippen LogP contribution in [0.5, 0.6) is 0 Å². The van der Waals surface area contributed by atoms with E-state index in [-0.39, 0.29) is 12.6 Å².